The molecule has 2 nitrogen and oxygen atoms in total. The smallest absolute Gasteiger partial charge is 0.101 e. The average molecular weight is 203 g/mol. The Kier molecular flexibility index (Phi) is 4.65. The molecule has 0 aliphatic rings. The van der Waals surface area contributed by atoms with Gasteiger partial charge in [0.2, 0.25) is 0 Å². The zero-order valence-corrected chi connectivity index (χ0v) is 8.11. The summed E-state index contributed by atoms with van der Waals surface area (Å²) < 4.78 is 0. The first-order valence-electron chi connectivity index (χ1n) is 3.20. The molecule has 0 bridgehead atoms. The summed E-state index contributed by atoms with van der Waals surface area (Å²) in [6.07, 6.45) is 0. The number of aromatic nitrogens is 1. The third kappa shape index (κ3) is 2.37. The Labute approximate surface area is 82.6 Å². The van der Waals surface area contributed by atoms with Gasteiger partial charge in [0.15, 0.2) is 0 Å². The molecule has 0 fully saturated rings. The van der Waals surface area contributed by atoms with Crippen molar-refractivity contribution in [2.75, 3.05) is 0 Å². The van der Waals surface area contributed by atoms with Crippen molar-refractivity contribution in [3.8, 4) is 6.07 Å². The molecule has 0 aromatic carbocycles. The Balaban J connectivity index is 0.00000121. The predicted molar refractivity (Wildman–Crippen MR) is 50.5 cm³/mol. The van der Waals surface area contributed by atoms with Gasteiger partial charge in [-0.15, -0.1) is 24.0 Å². The quantitative estimate of drug-likeness (QED) is 0.657. The zero-order chi connectivity index (χ0) is 8.27. The number of rotatable bonds is 1. The standard InChI is InChI=1S/C8H7ClN2.ClH/c1-6-7(5-10)2-3-8(4-9)11-6;/h2-3H,4H2,1H3;1H. The molecule has 0 N–H and O–H groups in total. The van der Waals surface area contributed by atoms with E-state index in [1.54, 1.807) is 19.1 Å². The van der Waals surface area contributed by atoms with E-state index in [4.69, 9.17) is 16.9 Å². The van der Waals surface area contributed by atoms with Gasteiger partial charge in [0.05, 0.1) is 22.8 Å². The van der Waals surface area contributed by atoms with Crippen molar-refractivity contribution in [1.82, 2.24) is 4.98 Å². The van der Waals surface area contributed by atoms with Gasteiger partial charge in [0.1, 0.15) is 6.07 Å². The number of halogens is 2. The maximum Gasteiger partial charge on any atom is 0.101 e. The number of hydrogen-bond donors (Lipinski definition) is 0. The van der Waals surface area contributed by atoms with Crippen LogP contribution < -0.4 is 0 Å². The highest BCUT2D eigenvalue weighted by Gasteiger charge is 1.98. The SMILES string of the molecule is Cc1nc(CCl)ccc1C#N.Cl. The lowest BCUT2D eigenvalue weighted by Gasteiger charge is -1.97. The van der Waals surface area contributed by atoms with Gasteiger partial charge in [-0.2, -0.15) is 5.26 Å². The van der Waals surface area contributed by atoms with Gasteiger partial charge in [-0.05, 0) is 19.1 Å². The summed E-state index contributed by atoms with van der Waals surface area (Å²) in [5, 5.41) is 8.56. The summed E-state index contributed by atoms with van der Waals surface area (Å²) in [7, 11) is 0. The van der Waals surface area contributed by atoms with Crippen LogP contribution in [0.4, 0.5) is 0 Å². The molecule has 0 saturated heterocycles. The molecule has 0 atom stereocenters. The lowest BCUT2D eigenvalue weighted by molar-refractivity contribution is 1.09. The molecule has 64 valence electrons. The highest BCUT2D eigenvalue weighted by atomic mass is 35.5. The van der Waals surface area contributed by atoms with Crippen molar-refractivity contribution in [2.24, 2.45) is 0 Å². The van der Waals surface area contributed by atoms with Crippen LogP contribution in [0.25, 0.3) is 0 Å². The van der Waals surface area contributed by atoms with Crippen molar-refractivity contribution in [3.05, 3.63) is 29.1 Å². The van der Waals surface area contributed by atoms with Gasteiger partial charge in [0.25, 0.3) is 0 Å². The molecule has 1 rings (SSSR count). The zero-order valence-electron chi connectivity index (χ0n) is 6.54. The Morgan fingerprint density at radius 3 is 2.67 bits per heavy atom. The van der Waals surface area contributed by atoms with E-state index in [0.717, 1.165) is 11.4 Å². The van der Waals surface area contributed by atoms with E-state index in [0.29, 0.717) is 11.4 Å². The molecule has 4 heteroatoms. The minimum atomic E-state index is 0. The van der Waals surface area contributed by atoms with Gasteiger partial charge < -0.3 is 0 Å². The van der Waals surface area contributed by atoms with Gasteiger partial charge >= 0.3 is 0 Å². The Morgan fingerprint density at radius 1 is 1.58 bits per heavy atom. The highest BCUT2D eigenvalue weighted by Crippen LogP contribution is 2.06. The second-order valence-electron chi connectivity index (χ2n) is 2.18. The van der Waals surface area contributed by atoms with Crippen LogP contribution in [-0.4, -0.2) is 4.98 Å². The maximum absolute atomic E-state index is 8.56. The van der Waals surface area contributed by atoms with E-state index in [9.17, 15) is 0 Å². The van der Waals surface area contributed by atoms with Gasteiger partial charge in [-0.25, -0.2) is 0 Å². The Hall–Kier alpha value is -0.780. The van der Waals surface area contributed by atoms with E-state index in [1.165, 1.54) is 0 Å². The molecule has 0 unspecified atom stereocenters. The van der Waals surface area contributed by atoms with Crippen molar-refractivity contribution < 1.29 is 0 Å². The summed E-state index contributed by atoms with van der Waals surface area (Å²) in [6, 6.07) is 5.54. The van der Waals surface area contributed by atoms with E-state index in [2.05, 4.69) is 4.98 Å². The van der Waals surface area contributed by atoms with Crippen LogP contribution in [0, 0.1) is 18.3 Å². The molecular formula is C8H8Cl2N2. The fraction of sp³-hybridized carbons (Fsp3) is 0.250. The first-order chi connectivity index (χ1) is 5.27. The molecule has 0 aliphatic carbocycles. The number of alkyl halides is 1. The molecule has 0 amide bonds. The fourth-order valence-corrected chi connectivity index (χ4v) is 0.954. The maximum atomic E-state index is 8.56. The molecule has 1 aromatic heterocycles. The summed E-state index contributed by atoms with van der Waals surface area (Å²) in [4.78, 5) is 4.11. The van der Waals surface area contributed by atoms with Crippen LogP contribution in [0.5, 0.6) is 0 Å². The molecule has 1 heterocycles. The number of nitrogens with zero attached hydrogens (tertiary/aromatic N) is 2. The summed E-state index contributed by atoms with van der Waals surface area (Å²) >= 11 is 5.55. The molecule has 0 radical (unpaired) electrons. The average Bonchev–Trinajstić information content (AvgIpc) is 2.04. The second-order valence-corrected chi connectivity index (χ2v) is 2.45. The Morgan fingerprint density at radius 2 is 2.25 bits per heavy atom. The van der Waals surface area contributed by atoms with E-state index < -0.39 is 0 Å². The summed E-state index contributed by atoms with van der Waals surface area (Å²) in [5.74, 6) is 0.395. The van der Waals surface area contributed by atoms with Crippen LogP contribution in [-0.2, 0) is 5.88 Å². The normalized spacial score (nSPS) is 8.42. The first kappa shape index (κ1) is 11.2. The Bertz CT molecular complexity index is 304. The topological polar surface area (TPSA) is 36.7 Å². The molecular weight excluding hydrogens is 195 g/mol. The largest absolute Gasteiger partial charge is 0.256 e. The monoisotopic (exact) mass is 202 g/mol. The molecule has 1 aromatic rings. The van der Waals surface area contributed by atoms with Gasteiger partial charge in [0, 0.05) is 0 Å². The molecule has 0 aliphatic heterocycles. The third-order valence-electron chi connectivity index (χ3n) is 1.40. The third-order valence-corrected chi connectivity index (χ3v) is 1.67. The molecule has 12 heavy (non-hydrogen) atoms. The summed E-state index contributed by atoms with van der Waals surface area (Å²) in [5.41, 5.74) is 2.16. The van der Waals surface area contributed by atoms with Crippen molar-refractivity contribution in [1.29, 1.82) is 5.26 Å². The van der Waals surface area contributed by atoms with E-state index in [-0.39, 0.29) is 12.4 Å². The van der Waals surface area contributed by atoms with Crippen LogP contribution in [0.3, 0.4) is 0 Å². The van der Waals surface area contributed by atoms with Crippen LogP contribution >= 0.6 is 24.0 Å². The number of pyridine rings is 1. The van der Waals surface area contributed by atoms with Gasteiger partial charge in [-0.1, -0.05) is 0 Å². The van der Waals surface area contributed by atoms with Crippen LogP contribution in [0.2, 0.25) is 0 Å². The lowest BCUT2D eigenvalue weighted by atomic mass is 10.2. The van der Waals surface area contributed by atoms with Crippen LogP contribution in [0.15, 0.2) is 12.1 Å². The lowest BCUT2D eigenvalue weighted by Crippen LogP contribution is -1.91. The van der Waals surface area contributed by atoms with E-state index >= 15 is 0 Å². The number of nitriles is 1. The first-order valence-corrected chi connectivity index (χ1v) is 3.74. The van der Waals surface area contributed by atoms with Gasteiger partial charge in [-0.3, -0.25) is 4.98 Å². The summed E-state index contributed by atoms with van der Waals surface area (Å²) in [6.45, 7) is 1.80. The highest BCUT2D eigenvalue weighted by molar-refractivity contribution is 6.16. The second kappa shape index (κ2) is 4.97. The van der Waals surface area contributed by atoms with Crippen molar-refractivity contribution in [2.45, 2.75) is 12.8 Å². The predicted octanol–water partition coefficient (Wildman–Crippen LogP) is 2.42. The fourth-order valence-electron chi connectivity index (χ4n) is 0.806. The van der Waals surface area contributed by atoms with Crippen LogP contribution in [0.1, 0.15) is 17.0 Å². The van der Waals surface area contributed by atoms with Crippen molar-refractivity contribution in [3.63, 3.8) is 0 Å². The van der Waals surface area contributed by atoms with Crippen molar-refractivity contribution >= 4 is 24.0 Å². The van der Waals surface area contributed by atoms with E-state index in [1.807, 2.05) is 6.07 Å². The molecule has 0 spiro atoms. The molecule has 0 saturated carbocycles. The minimum absolute atomic E-state index is 0. The number of hydrogen-bond acceptors (Lipinski definition) is 2. The minimum Gasteiger partial charge on any atom is -0.256 e. The number of aryl methyl sites for hydroxylation is 1.